The molecule has 1 rings (SSSR count). The molecule has 0 saturated heterocycles. The molecule has 1 unspecified atom stereocenters. The topological polar surface area (TPSA) is 51.5 Å². The summed E-state index contributed by atoms with van der Waals surface area (Å²) >= 11 is 0. The number of carbonyl (C=O) groups excluding carboxylic acids is 1. The molecule has 0 aromatic carbocycles. The Kier molecular flexibility index (Phi) is 4.34. The predicted molar refractivity (Wildman–Crippen MR) is 65.9 cm³/mol. The highest BCUT2D eigenvalue weighted by atomic mass is 16.5. The summed E-state index contributed by atoms with van der Waals surface area (Å²) in [7, 11) is 3.23. The van der Waals surface area contributed by atoms with Gasteiger partial charge in [0, 0.05) is 0 Å². The molecule has 96 valence electrons. The fraction of sp³-hybridized carbons (Fsp3) is 0.615. The fourth-order valence-electron chi connectivity index (χ4n) is 1.84. The minimum atomic E-state index is -0.444. The molecule has 0 saturated carbocycles. The normalized spacial score (nSPS) is 13.5. The van der Waals surface area contributed by atoms with Crippen molar-refractivity contribution in [2.75, 3.05) is 14.2 Å². The van der Waals surface area contributed by atoms with Gasteiger partial charge in [-0.1, -0.05) is 20.8 Å². The minimum Gasteiger partial charge on any atom is -0.463 e. The van der Waals surface area contributed by atoms with Crippen LogP contribution in [0.1, 0.15) is 49.5 Å². The molecule has 1 heterocycles. The Balaban J connectivity index is 2.98. The summed E-state index contributed by atoms with van der Waals surface area (Å²) in [6.07, 6.45) is 1.01. The molecule has 0 amide bonds. The maximum atomic E-state index is 11.3. The van der Waals surface area contributed by atoms with E-state index in [4.69, 9.17) is 4.42 Å². The quantitative estimate of drug-likeness (QED) is 0.803. The van der Waals surface area contributed by atoms with Crippen molar-refractivity contribution in [2.45, 2.75) is 33.2 Å². The van der Waals surface area contributed by atoms with E-state index in [1.807, 2.05) is 13.1 Å². The summed E-state index contributed by atoms with van der Waals surface area (Å²) in [5.41, 5.74) is 0.0555. The summed E-state index contributed by atoms with van der Waals surface area (Å²) < 4.78 is 10.2. The van der Waals surface area contributed by atoms with Crippen LogP contribution in [0.3, 0.4) is 0 Å². The van der Waals surface area contributed by atoms with Gasteiger partial charge in [0.05, 0.1) is 13.2 Å². The first-order valence-corrected chi connectivity index (χ1v) is 5.81. The molecule has 4 heteroatoms. The van der Waals surface area contributed by atoms with E-state index in [2.05, 4.69) is 30.8 Å². The molecule has 0 aliphatic heterocycles. The van der Waals surface area contributed by atoms with Crippen LogP contribution in [0.5, 0.6) is 0 Å². The van der Waals surface area contributed by atoms with Gasteiger partial charge in [-0.3, -0.25) is 0 Å². The lowest BCUT2D eigenvalue weighted by molar-refractivity contribution is 0.0559. The van der Waals surface area contributed by atoms with Crippen LogP contribution < -0.4 is 5.32 Å². The van der Waals surface area contributed by atoms with Gasteiger partial charge in [0.25, 0.3) is 0 Å². The van der Waals surface area contributed by atoms with Crippen LogP contribution in [0.25, 0.3) is 0 Å². The third-order valence-electron chi connectivity index (χ3n) is 3.28. The van der Waals surface area contributed by atoms with Gasteiger partial charge in [-0.2, -0.15) is 0 Å². The maximum absolute atomic E-state index is 11.3. The largest absolute Gasteiger partial charge is 0.463 e. The molecule has 1 aromatic rings. The summed E-state index contributed by atoms with van der Waals surface area (Å²) in [4.78, 5) is 11.3. The van der Waals surface area contributed by atoms with E-state index in [-0.39, 0.29) is 17.2 Å². The molecule has 17 heavy (non-hydrogen) atoms. The van der Waals surface area contributed by atoms with Gasteiger partial charge < -0.3 is 14.5 Å². The third kappa shape index (κ3) is 2.88. The SMILES string of the molecule is CCC(C)(C)C(NC)c1ccc(C(=O)OC)o1. The van der Waals surface area contributed by atoms with Gasteiger partial charge in [-0.25, -0.2) is 4.79 Å². The van der Waals surface area contributed by atoms with Crippen LogP contribution in [0, 0.1) is 5.41 Å². The second-order valence-corrected chi connectivity index (χ2v) is 4.76. The van der Waals surface area contributed by atoms with Crippen LogP contribution in [-0.4, -0.2) is 20.1 Å². The van der Waals surface area contributed by atoms with E-state index < -0.39 is 5.97 Å². The zero-order chi connectivity index (χ0) is 13.1. The second-order valence-electron chi connectivity index (χ2n) is 4.76. The van der Waals surface area contributed by atoms with E-state index in [1.54, 1.807) is 6.07 Å². The molecule has 1 N–H and O–H groups in total. The van der Waals surface area contributed by atoms with Crippen LogP contribution in [0.4, 0.5) is 0 Å². The number of furan rings is 1. The van der Waals surface area contributed by atoms with E-state index in [1.165, 1.54) is 7.11 Å². The maximum Gasteiger partial charge on any atom is 0.373 e. The minimum absolute atomic E-state index is 0.0555. The first-order chi connectivity index (χ1) is 7.96. The highest BCUT2D eigenvalue weighted by Crippen LogP contribution is 2.36. The molecular formula is C13H21NO3. The Morgan fingerprint density at radius 1 is 1.53 bits per heavy atom. The Morgan fingerprint density at radius 2 is 2.18 bits per heavy atom. The first kappa shape index (κ1) is 13.8. The van der Waals surface area contributed by atoms with E-state index in [0.717, 1.165) is 12.2 Å². The van der Waals surface area contributed by atoms with Gasteiger partial charge in [0.15, 0.2) is 0 Å². The van der Waals surface area contributed by atoms with Crippen LogP contribution in [0.2, 0.25) is 0 Å². The highest BCUT2D eigenvalue weighted by molar-refractivity contribution is 5.86. The predicted octanol–water partition coefficient (Wildman–Crippen LogP) is 2.76. The highest BCUT2D eigenvalue weighted by Gasteiger charge is 2.30. The molecule has 0 spiro atoms. The molecule has 0 aliphatic carbocycles. The molecule has 0 radical (unpaired) electrons. The first-order valence-electron chi connectivity index (χ1n) is 5.81. The summed E-state index contributed by atoms with van der Waals surface area (Å²) in [6.45, 7) is 6.46. The van der Waals surface area contributed by atoms with E-state index in [0.29, 0.717) is 0 Å². The molecule has 4 nitrogen and oxygen atoms in total. The standard InChI is InChI=1S/C13H21NO3/c1-6-13(2,3)11(14-4)9-7-8-10(17-9)12(15)16-5/h7-8,11,14H,6H2,1-5H3. The van der Waals surface area contributed by atoms with Gasteiger partial charge in [0.1, 0.15) is 5.76 Å². The molecule has 0 bridgehead atoms. The van der Waals surface area contributed by atoms with E-state index in [9.17, 15) is 4.79 Å². The average molecular weight is 239 g/mol. The number of esters is 1. The zero-order valence-corrected chi connectivity index (χ0v) is 11.2. The van der Waals surface area contributed by atoms with Crippen LogP contribution in [-0.2, 0) is 4.74 Å². The Morgan fingerprint density at radius 3 is 2.65 bits per heavy atom. The van der Waals surface area contributed by atoms with E-state index >= 15 is 0 Å². The fourth-order valence-corrected chi connectivity index (χ4v) is 1.84. The van der Waals surface area contributed by atoms with Gasteiger partial charge in [-0.05, 0) is 31.0 Å². The van der Waals surface area contributed by atoms with Crippen molar-refractivity contribution in [3.8, 4) is 0 Å². The summed E-state index contributed by atoms with van der Waals surface area (Å²) in [5, 5.41) is 3.23. The molecule has 1 aromatic heterocycles. The van der Waals surface area contributed by atoms with Crippen molar-refractivity contribution in [3.05, 3.63) is 23.7 Å². The number of ether oxygens (including phenoxy) is 1. The number of methoxy groups -OCH3 is 1. The molecule has 0 fully saturated rings. The number of carbonyl (C=O) groups is 1. The molecule has 0 aliphatic rings. The van der Waals surface area contributed by atoms with Crippen molar-refractivity contribution in [1.29, 1.82) is 0 Å². The smallest absolute Gasteiger partial charge is 0.373 e. The molecule has 1 atom stereocenters. The summed E-state index contributed by atoms with van der Waals surface area (Å²) in [6, 6.07) is 3.55. The number of hydrogen-bond donors (Lipinski definition) is 1. The lowest BCUT2D eigenvalue weighted by Crippen LogP contribution is -2.31. The Hall–Kier alpha value is -1.29. The Bertz CT molecular complexity index is 382. The van der Waals surface area contributed by atoms with Crippen LogP contribution in [0.15, 0.2) is 16.5 Å². The number of rotatable bonds is 5. The number of nitrogens with one attached hydrogen (secondary N) is 1. The van der Waals surface area contributed by atoms with Crippen molar-refractivity contribution >= 4 is 5.97 Å². The molecular weight excluding hydrogens is 218 g/mol. The lowest BCUT2D eigenvalue weighted by Gasteiger charge is -2.31. The summed E-state index contributed by atoms with van der Waals surface area (Å²) in [5.74, 6) is 0.565. The van der Waals surface area contributed by atoms with Gasteiger partial charge in [-0.15, -0.1) is 0 Å². The second kappa shape index (κ2) is 5.36. The van der Waals surface area contributed by atoms with Crippen molar-refractivity contribution in [2.24, 2.45) is 5.41 Å². The van der Waals surface area contributed by atoms with Gasteiger partial charge >= 0.3 is 5.97 Å². The average Bonchev–Trinajstić information content (AvgIpc) is 2.78. The third-order valence-corrected chi connectivity index (χ3v) is 3.28. The monoisotopic (exact) mass is 239 g/mol. The number of hydrogen-bond acceptors (Lipinski definition) is 4. The van der Waals surface area contributed by atoms with Crippen molar-refractivity contribution in [1.82, 2.24) is 5.32 Å². The Labute approximate surface area is 102 Å². The van der Waals surface area contributed by atoms with Crippen molar-refractivity contribution in [3.63, 3.8) is 0 Å². The van der Waals surface area contributed by atoms with Crippen molar-refractivity contribution < 1.29 is 13.9 Å². The van der Waals surface area contributed by atoms with Crippen LogP contribution >= 0.6 is 0 Å². The van der Waals surface area contributed by atoms with Gasteiger partial charge in [0.2, 0.25) is 5.76 Å². The lowest BCUT2D eigenvalue weighted by atomic mass is 9.81. The zero-order valence-electron chi connectivity index (χ0n) is 11.2.